The summed E-state index contributed by atoms with van der Waals surface area (Å²) in [6.45, 7) is 1.89. The second-order valence-corrected chi connectivity index (χ2v) is 3.25. The molecule has 0 saturated carbocycles. The minimum Gasteiger partial charge on any atom is -0.497 e. The molecule has 0 spiro atoms. The van der Waals surface area contributed by atoms with Crippen LogP contribution in [0.25, 0.3) is 0 Å². The predicted octanol–water partition coefficient (Wildman–Crippen LogP) is 2.64. The molecule has 2 nitrogen and oxygen atoms in total. The number of ether oxygens (including phenoxy) is 1. The summed E-state index contributed by atoms with van der Waals surface area (Å²) >= 11 is 3.35. The fourth-order valence-corrected chi connectivity index (χ4v) is 1.33. The highest BCUT2D eigenvalue weighted by atomic mass is 79.9. The third-order valence-electron chi connectivity index (χ3n) is 1.67. The number of halogens is 1. The topological polar surface area (TPSA) is 33.0 Å². The number of rotatable bonds is 1. The van der Waals surface area contributed by atoms with Crippen molar-refractivity contribution >= 4 is 15.9 Å². The van der Waals surface area contributed by atoms with Crippen LogP contribution in [0.2, 0.25) is 0 Å². The largest absolute Gasteiger partial charge is 0.497 e. The number of nitriles is 1. The van der Waals surface area contributed by atoms with Gasteiger partial charge in [-0.2, -0.15) is 5.26 Å². The van der Waals surface area contributed by atoms with Crippen molar-refractivity contribution in [3.63, 3.8) is 0 Å². The summed E-state index contributed by atoms with van der Waals surface area (Å²) < 4.78 is 5.91. The molecule has 0 aromatic heterocycles. The van der Waals surface area contributed by atoms with E-state index in [9.17, 15) is 0 Å². The van der Waals surface area contributed by atoms with Crippen LogP contribution in [-0.2, 0) is 0 Å². The second-order valence-electron chi connectivity index (χ2n) is 2.39. The lowest BCUT2D eigenvalue weighted by Crippen LogP contribution is -1.88. The van der Waals surface area contributed by atoms with Crippen molar-refractivity contribution in [3.8, 4) is 11.8 Å². The molecule has 1 aromatic rings. The van der Waals surface area contributed by atoms with Gasteiger partial charge in [0.25, 0.3) is 0 Å². The van der Waals surface area contributed by atoms with E-state index in [4.69, 9.17) is 10.00 Å². The van der Waals surface area contributed by atoms with Crippen molar-refractivity contribution in [3.05, 3.63) is 27.7 Å². The monoisotopic (exact) mass is 225 g/mol. The summed E-state index contributed by atoms with van der Waals surface area (Å²) in [6, 6.07) is 5.67. The zero-order valence-corrected chi connectivity index (χ0v) is 8.47. The van der Waals surface area contributed by atoms with E-state index in [0.29, 0.717) is 11.3 Å². The van der Waals surface area contributed by atoms with E-state index in [2.05, 4.69) is 22.0 Å². The van der Waals surface area contributed by atoms with Crippen LogP contribution in [0.5, 0.6) is 5.75 Å². The Morgan fingerprint density at radius 1 is 1.50 bits per heavy atom. The summed E-state index contributed by atoms with van der Waals surface area (Å²) in [6.07, 6.45) is 0. The van der Waals surface area contributed by atoms with Crippen molar-refractivity contribution in [2.75, 3.05) is 7.11 Å². The molecule has 0 bridgehead atoms. The Kier molecular flexibility index (Phi) is 2.72. The second kappa shape index (κ2) is 3.59. The Morgan fingerprint density at radius 3 is 2.67 bits per heavy atom. The molecule has 0 fully saturated rings. The summed E-state index contributed by atoms with van der Waals surface area (Å²) in [5, 5.41) is 8.74. The van der Waals surface area contributed by atoms with E-state index in [1.807, 2.05) is 13.0 Å². The first kappa shape index (κ1) is 9.08. The smallest absolute Gasteiger partial charge is 0.121 e. The summed E-state index contributed by atoms with van der Waals surface area (Å²) in [5.41, 5.74) is 1.58. The quantitative estimate of drug-likeness (QED) is 0.737. The van der Waals surface area contributed by atoms with Gasteiger partial charge in [0, 0.05) is 4.47 Å². The van der Waals surface area contributed by atoms with Gasteiger partial charge >= 0.3 is 0 Å². The molecule has 0 atom stereocenters. The fourth-order valence-electron chi connectivity index (χ4n) is 0.888. The number of hydrogen-bond donors (Lipinski definition) is 0. The molecule has 0 amide bonds. The zero-order chi connectivity index (χ0) is 9.14. The molecule has 0 aliphatic heterocycles. The minimum atomic E-state index is 0.640. The Labute approximate surface area is 79.9 Å². The first-order valence-electron chi connectivity index (χ1n) is 3.43. The van der Waals surface area contributed by atoms with Crippen LogP contribution in [0.15, 0.2) is 16.6 Å². The Balaban J connectivity index is 3.31. The number of hydrogen-bond acceptors (Lipinski definition) is 2. The van der Waals surface area contributed by atoms with Gasteiger partial charge in [0.2, 0.25) is 0 Å². The first-order chi connectivity index (χ1) is 5.69. The van der Waals surface area contributed by atoms with Gasteiger partial charge in [0.1, 0.15) is 5.75 Å². The maximum atomic E-state index is 8.74. The molecule has 1 aromatic carbocycles. The summed E-state index contributed by atoms with van der Waals surface area (Å²) in [4.78, 5) is 0. The molecular weight excluding hydrogens is 218 g/mol. The molecule has 0 heterocycles. The normalized spacial score (nSPS) is 9.17. The Morgan fingerprint density at radius 2 is 2.17 bits per heavy atom. The molecule has 0 aliphatic rings. The van der Waals surface area contributed by atoms with E-state index in [-0.39, 0.29) is 0 Å². The maximum absolute atomic E-state index is 8.74. The molecule has 12 heavy (non-hydrogen) atoms. The number of nitrogens with zero attached hydrogens (tertiary/aromatic N) is 1. The van der Waals surface area contributed by atoms with Gasteiger partial charge in [-0.1, -0.05) is 15.9 Å². The van der Waals surface area contributed by atoms with Crippen LogP contribution in [0.3, 0.4) is 0 Å². The van der Waals surface area contributed by atoms with Crippen LogP contribution in [-0.4, -0.2) is 7.11 Å². The van der Waals surface area contributed by atoms with Crippen molar-refractivity contribution in [2.45, 2.75) is 6.92 Å². The van der Waals surface area contributed by atoms with Crippen LogP contribution < -0.4 is 4.74 Å². The molecule has 0 N–H and O–H groups in total. The first-order valence-corrected chi connectivity index (χ1v) is 4.22. The van der Waals surface area contributed by atoms with Crippen molar-refractivity contribution in [1.29, 1.82) is 5.26 Å². The van der Waals surface area contributed by atoms with E-state index in [1.165, 1.54) is 0 Å². The minimum absolute atomic E-state index is 0.640. The van der Waals surface area contributed by atoms with Gasteiger partial charge in [0.05, 0.1) is 18.7 Å². The van der Waals surface area contributed by atoms with Gasteiger partial charge < -0.3 is 4.74 Å². The molecule has 0 saturated heterocycles. The van der Waals surface area contributed by atoms with E-state index >= 15 is 0 Å². The molecule has 0 unspecified atom stereocenters. The highest BCUT2D eigenvalue weighted by Crippen LogP contribution is 2.25. The highest BCUT2D eigenvalue weighted by molar-refractivity contribution is 9.10. The molecular formula is C9H8BrNO. The van der Waals surface area contributed by atoms with Gasteiger partial charge in [0.15, 0.2) is 0 Å². The van der Waals surface area contributed by atoms with E-state index in [1.54, 1.807) is 13.2 Å². The third kappa shape index (κ3) is 1.59. The predicted molar refractivity (Wildman–Crippen MR) is 50.1 cm³/mol. The third-order valence-corrected chi connectivity index (χ3v) is 2.50. The highest BCUT2D eigenvalue weighted by Gasteiger charge is 2.04. The number of methoxy groups -OCH3 is 1. The summed E-state index contributed by atoms with van der Waals surface area (Å²) in [5.74, 6) is 0.698. The van der Waals surface area contributed by atoms with Gasteiger partial charge in [-0.25, -0.2) is 0 Å². The van der Waals surface area contributed by atoms with Gasteiger partial charge in [-0.15, -0.1) is 0 Å². The average Bonchev–Trinajstić information content (AvgIpc) is 2.09. The van der Waals surface area contributed by atoms with Crippen molar-refractivity contribution in [1.82, 2.24) is 0 Å². The summed E-state index contributed by atoms with van der Waals surface area (Å²) in [7, 11) is 1.58. The molecule has 1 rings (SSSR count). The van der Waals surface area contributed by atoms with Gasteiger partial charge in [-0.05, 0) is 24.6 Å². The lowest BCUT2D eigenvalue weighted by molar-refractivity contribution is 0.414. The SMILES string of the molecule is COc1cc(Br)c(C)c(C#N)c1. The van der Waals surface area contributed by atoms with Gasteiger partial charge in [-0.3, -0.25) is 0 Å². The standard InChI is InChI=1S/C9H8BrNO/c1-6-7(5-11)3-8(12-2)4-9(6)10/h3-4H,1-2H3. The fraction of sp³-hybridized carbons (Fsp3) is 0.222. The van der Waals surface area contributed by atoms with Crippen molar-refractivity contribution < 1.29 is 4.74 Å². The van der Waals surface area contributed by atoms with E-state index < -0.39 is 0 Å². The average molecular weight is 226 g/mol. The van der Waals surface area contributed by atoms with Crippen LogP contribution >= 0.6 is 15.9 Å². The van der Waals surface area contributed by atoms with E-state index in [0.717, 1.165) is 10.0 Å². The molecule has 3 heteroatoms. The Bertz CT molecular complexity index is 341. The molecule has 62 valence electrons. The van der Waals surface area contributed by atoms with Crippen LogP contribution in [0.1, 0.15) is 11.1 Å². The zero-order valence-electron chi connectivity index (χ0n) is 6.89. The lowest BCUT2D eigenvalue weighted by Gasteiger charge is -2.04. The Hall–Kier alpha value is -1.01. The lowest BCUT2D eigenvalue weighted by atomic mass is 10.1. The maximum Gasteiger partial charge on any atom is 0.121 e. The van der Waals surface area contributed by atoms with Crippen molar-refractivity contribution in [2.24, 2.45) is 0 Å². The van der Waals surface area contributed by atoms with Crippen LogP contribution in [0.4, 0.5) is 0 Å². The molecule has 0 radical (unpaired) electrons. The number of benzene rings is 1. The molecule has 0 aliphatic carbocycles. The van der Waals surface area contributed by atoms with Crippen LogP contribution in [0, 0.1) is 18.3 Å².